The van der Waals surface area contributed by atoms with Crippen molar-refractivity contribution in [3.05, 3.63) is 63.3 Å². The van der Waals surface area contributed by atoms with E-state index in [1.807, 2.05) is 19.1 Å². The lowest BCUT2D eigenvalue weighted by Gasteiger charge is -2.14. The van der Waals surface area contributed by atoms with E-state index in [4.69, 9.17) is 17.0 Å². The van der Waals surface area contributed by atoms with Gasteiger partial charge in [-0.2, -0.15) is 0 Å². The predicted molar refractivity (Wildman–Crippen MR) is 101 cm³/mol. The number of amides is 1. The molecule has 8 nitrogen and oxygen atoms in total. The number of carbonyl (C=O) groups excluding carboxylic acids is 1. The highest BCUT2D eigenvalue weighted by molar-refractivity contribution is 7.80. The molecule has 3 rings (SSSR count). The van der Waals surface area contributed by atoms with Crippen LogP contribution >= 0.6 is 12.2 Å². The Morgan fingerprint density at radius 3 is 2.52 bits per heavy atom. The van der Waals surface area contributed by atoms with Crippen molar-refractivity contribution in [2.75, 3.05) is 12.0 Å². The summed E-state index contributed by atoms with van der Waals surface area (Å²) in [5, 5.41) is 26.0. The highest BCUT2D eigenvalue weighted by Gasteiger charge is 2.32. The van der Waals surface area contributed by atoms with Crippen LogP contribution in [0.4, 0.5) is 11.4 Å². The van der Waals surface area contributed by atoms with Gasteiger partial charge in [0, 0.05) is 11.8 Å². The summed E-state index contributed by atoms with van der Waals surface area (Å²) in [5.74, 6) is -1.41. The van der Waals surface area contributed by atoms with E-state index in [0.29, 0.717) is 5.69 Å². The van der Waals surface area contributed by atoms with Crippen LogP contribution in [0.1, 0.15) is 11.1 Å². The summed E-state index contributed by atoms with van der Waals surface area (Å²) in [4.78, 5) is 24.3. The van der Waals surface area contributed by atoms with Crippen LogP contribution in [0.25, 0.3) is 6.08 Å². The Morgan fingerprint density at radius 2 is 1.93 bits per heavy atom. The molecule has 0 aromatic heterocycles. The summed E-state index contributed by atoms with van der Waals surface area (Å²) < 4.78 is 4.90. The fraction of sp³-hybridized carbons (Fsp3) is 0.111. The molecule has 138 valence electrons. The van der Waals surface area contributed by atoms with Gasteiger partial charge in [0.05, 0.1) is 17.7 Å². The molecule has 2 aromatic rings. The van der Waals surface area contributed by atoms with Gasteiger partial charge < -0.3 is 15.2 Å². The minimum absolute atomic E-state index is 0.135. The second kappa shape index (κ2) is 7.04. The number of nitro groups is 1. The van der Waals surface area contributed by atoms with E-state index in [1.54, 1.807) is 12.1 Å². The van der Waals surface area contributed by atoms with Gasteiger partial charge in [-0.05, 0) is 49.0 Å². The number of rotatable bonds is 4. The molecule has 2 aromatic carbocycles. The van der Waals surface area contributed by atoms with Crippen molar-refractivity contribution >= 4 is 40.7 Å². The molecule has 1 aliphatic rings. The number of benzene rings is 2. The van der Waals surface area contributed by atoms with Crippen LogP contribution < -0.4 is 20.1 Å². The number of methoxy groups -OCH3 is 1. The first-order valence-electron chi connectivity index (χ1n) is 7.79. The van der Waals surface area contributed by atoms with Crippen LogP contribution in [0, 0.1) is 17.0 Å². The molecule has 0 atom stereocenters. The lowest BCUT2D eigenvalue weighted by molar-refractivity contribution is -0.398. The highest BCUT2D eigenvalue weighted by Crippen LogP contribution is 2.35. The largest absolute Gasteiger partial charge is 0.865 e. The number of aryl methyl sites for hydroxylation is 1. The molecule has 1 saturated heterocycles. The van der Waals surface area contributed by atoms with Crippen LogP contribution in [0.15, 0.2) is 42.1 Å². The number of anilines is 1. The number of ether oxygens (including phenoxy) is 1. The first kappa shape index (κ1) is 18.3. The molecule has 0 spiro atoms. The van der Waals surface area contributed by atoms with E-state index in [2.05, 4.69) is 5.32 Å². The molecule has 9 heteroatoms. The van der Waals surface area contributed by atoms with Crippen LogP contribution in [0.2, 0.25) is 0 Å². The average Bonchev–Trinajstić information content (AvgIpc) is 2.90. The Hall–Kier alpha value is -3.46. The zero-order valence-corrected chi connectivity index (χ0v) is 15.2. The van der Waals surface area contributed by atoms with Gasteiger partial charge >= 0.3 is 0 Å². The van der Waals surface area contributed by atoms with E-state index >= 15 is 0 Å². The smallest absolute Gasteiger partial charge is 0.281 e. The normalized spacial score (nSPS) is 15.2. The molecule has 1 heterocycles. The predicted octanol–water partition coefficient (Wildman–Crippen LogP) is 2.25. The van der Waals surface area contributed by atoms with Crippen molar-refractivity contribution in [1.29, 1.82) is 0 Å². The minimum Gasteiger partial charge on any atom is -0.865 e. The van der Waals surface area contributed by atoms with Gasteiger partial charge in [0.15, 0.2) is 5.11 Å². The average molecular weight is 384 g/mol. The number of carbonyl (C=O) groups is 1. The summed E-state index contributed by atoms with van der Waals surface area (Å²) in [6, 6.07) is 9.66. The molecule has 0 radical (unpaired) electrons. The van der Waals surface area contributed by atoms with Gasteiger partial charge in [0.1, 0.15) is 11.4 Å². The first-order chi connectivity index (χ1) is 12.8. The Labute approximate surface area is 159 Å². The maximum absolute atomic E-state index is 12.7. The molecule has 27 heavy (non-hydrogen) atoms. The standard InChI is InChI=1S/C18H15N3O5S/c1-10-3-5-12(6-4-10)20-17(23)13(19-18(20)27)7-11-8-14(21(24)25)16(22)15(9-11)26-2/h3-9,22H,1-2H3,(H,19,27)/p-1/b13-7-. The first-order valence-corrected chi connectivity index (χ1v) is 8.20. The number of hydrogen-bond acceptors (Lipinski definition) is 6. The van der Waals surface area contributed by atoms with E-state index < -0.39 is 22.3 Å². The monoisotopic (exact) mass is 384 g/mol. The fourth-order valence-electron chi connectivity index (χ4n) is 2.61. The van der Waals surface area contributed by atoms with Gasteiger partial charge in [-0.25, -0.2) is 0 Å². The molecule has 0 unspecified atom stereocenters. The Balaban J connectivity index is 2.00. The van der Waals surface area contributed by atoms with Crippen LogP contribution in [-0.2, 0) is 4.79 Å². The lowest BCUT2D eigenvalue weighted by Crippen LogP contribution is -2.30. The van der Waals surface area contributed by atoms with Crippen molar-refractivity contribution in [3.63, 3.8) is 0 Å². The molecule has 1 amide bonds. The highest BCUT2D eigenvalue weighted by atomic mass is 32.1. The second-order valence-corrected chi connectivity index (χ2v) is 6.18. The summed E-state index contributed by atoms with van der Waals surface area (Å²) in [6.07, 6.45) is 1.39. The minimum atomic E-state index is -0.827. The molecule has 1 aliphatic heterocycles. The van der Waals surface area contributed by atoms with Crippen molar-refractivity contribution in [2.24, 2.45) is 0 Å². The SMILES string of the molecule is COc1cc(/C=C2\NC(=S)N(c3ccc(C)cc3)C2=O)cc([N+](=O)[O-])c1[O-]. The Morgan fingerprint density at radius 1 is 1.26 bits per heavy atom. The van der Waals surface area contributed by atoms with Crippen molar-refractivity contribution in [3.8, 4) is 11.5 Å². The van der Waals surface area contributed by atoms with Crippen LogP contribution in [0.3, 0.4) is 0 Å². The summed E-state index contributed by atoms with van der Waals surface area (Å²) in [5.41, 5.74) is 1.41. The number of nitrogens with one attached hydrogen (secondary N) is 1. The van der Waals surface area contributed by atoms with Crippen molar-refractivity contribution in [2.45, 2.75) is 6.92 Å². The van der Waals surface area contributed by atoms with Crippen LogP contribution in [-0.4, -0.2) is 23.1 Å². The topological polar surface area (TPSA) is 108 Å². The molecular weight excluding hydrogens is 370 g/mol. The Kier molecular flexibility index (Phi) is 4.78. The number of hydrogen-bond donors (Lipinski definition) is 1. The van der Waals surface area contributed by atoms with E-state index in [9.17, 15) is 20.0 Å². The second-order valence-electron chi connectivity index (χ2n) is 5.79. The summed E-state index contributed by atoms with van der Waals surface area (Å²) >= 11 is 5.23. The fourth-order valence-corrected chi connectivity index (χ4v) is 2.91. The summed E-state index contributed by atoms with van der Waals surface area (Å²) in [6.45, 7) is 1.93. The zero-order valence-electron chi connectivity index (χ0n) is 14.4. The maximum atomic E-state index is 12.7. The van der Waals surface area contributed by atoms with Gasteiger partial charge in [-0.3, -0.25) is 19.8 Å². The maximum Gasteiger partial charge on any atom is 0.281 e. The van der Waals surface area contributed by atoms with Gasteiger partial charge in [0.25, 0.3) is 11.6 Å². The molecule has 1 fully saturated rings. The van der Waals surface area contributed by atoms with E-state index in [0.717, 1.165) is 11.6 Å². The third kappa shape index (κ3) is 3.44. The van der Waals surface area contributed by atoms with Gasteiger partial charge in [-0.1, -0.05) is 17.7 Å². The lowest BCUT2D eigenvalue weighted by atomic mass is 10.1. The third-order valence-corrected chi connectivity index (χ3v) is 4.24. The molecule has 1 N–H and O–H groups in total. The molecule has 0 aliphatic carbocycles. The number of thiocarbonyl (C=S) groups is 1. The van der Waals surface area contributed by atoms with Gasteiger partial charge in [-0.15, -0.1) is 0 Å². The Bertz CT molecular complexity index is 985. The zero-order chi connectivity index (χ0) is 19.7. The quantitative estimate of drug-likeness (QED) is 0.373. The number of nitro benzene ring substituents is 1. The molecule has 0 bridgehead atoms. The van der Waals surface area contributed by atoms with Crippen molar-refractivity contribution in [1.82, 2.24) is 5.32 Å². The number of nitrogens with zero attached hydrogens (tertiary/aromatic N) is 2. The van der Waals surface area contributed by atoms with E-state index in [-0.39, 0.29) is 22.1 Å². The molecular formula is C18H14N3O5S-. The van der Waals surface area contributed by atoms with Crippen molar-refractivity contribution < 1.29 is 19.6 Å². The molecule has 0 saturated carbocycles. The third-order valence-electron chi connectivity index (χ3n) is 3.96. The van der Waals surface area contributed by atoms with E-state index in [1.165, 1.54) is 24.2 Å². The van der Waals surface area contributed by atoms with Gasteiger partial charge in [0.2, 0.25) is 0 Å². The van der Waals surface area contributed by atoms with Crippen LogP contribution in [0.5, 0.6) is 11.5 Å². The summed E-state index contributed by atoms with van der Waals surface area (Å²) in [7, 11) is 1.24.